The molecule has 7 nitrogen and oxygen atoms in total. The van der Waals surface area contributed by atoms with Gasteiger partial charge in [-0.15, -0.1) is 0 Å². The van der Waals surface area contributed by atoms with Gasteiger partial charge in [0.1, 0.15) is 5.75 Å². The Morgan fingerprint density at radius 3 is 2.44 bits per heavy atom. The zero-order valence-corrected chi connectivity index (χ0v) is 15.9. The van der Waals surface area contributed by atoms with E-state index in [1.807, 2.05) is 12.1 Å². The fourth-order valence-corrected chi connectivity index (χ4v) is 2.98. The van der Waals surface area contributed by atoms with Gasteiger partial charge in [-0.1, -0.05) is 19.3 Å². The second-order valence-corrected chi connectivity index (χ2v) is 6.89. The number of hydrogen-bond donors (Lipinski definition) is 3. The standard InChI is InChI=1S/C20H31N3O4/c21-12-9-17(22)18-8-7-16(15-23-18)26-13-4-2-1-3-5-14-27-20(19(24)25)10-6-11-20/h7-9,15H,1-6,10-14,21-22H2,(H,24,25)/b17-9-. The Balaban J connectivity index is 1.50. The van der Waals surface area contributed by atoms with E-state index in [-0.39, 0.29) is 0 Å². The van der Waals surface area contributed by atoms with Gasteiger partial charge in [0.05, 0.1) is 24.2 Å². The van der Waals surface area contributed by atoms with Gasteiger partial charge in [-0.3, -0.25) is 4.98 Å². The highest BCUT2D eigenvalue weighted by Crippen LogP contribution is 2.36. The van der Waals surface area contributed by atoms with Crippen molar-refractivity contribution in [2.75, 3.05) is 19.8 Å². The van der Waals surface area contributed by atoms with E-state index in [0.717, 1.165) is 44.3 Å². The van der Waals surface area contributed by atoms with Crippen molar-refractivity contribution in [2.45, 2.75) is 57.0 Å². The van der Waals surface area contributed by atoms with Crippen molar-refractivity contribution in [1.29, 1.82) is 0 Å². The molecule has 0 bridgehead atoms. The van der Waals surface area contributed by atoms with E-state index in [9.17, 15) is 9.90 Å². The number of carboxylic acid groups (broad SMARTS) is 1. The number of carbonyl (C=O) groups is 1. The monoisotopic (exact) mass is 377 g/mol. The molecule has 0 spiro atoms. The largest absolute Gasteiger partial charge is 0.492 e. The Kier molecular flexibility index (Phi) is 8.54. The van der Waals surface area contributed by atoms with Crippen LogP contribution in [0.25, 0.3) is 5.70 Å². The van der Waals surface area contributed by atoms with Crippen LogP contribution in [0.3, 0.4) is 0 Å². The van der Waals surface area contributed by atoms with Crippen molar-refractivity contribution >= 4 is 11.7 Å². The first-order chi connectivity index (χ1) is 13.1. The number of aromatic nitrogens is 1. The number of nitrogens with zero attached hydrogens (tertiary/aromatic N) is 1. The minimum Gasteiger partial charge on any atom is -0.492 e. The summed E-state index contributed by atoms with van der Waals surface area (Å²) < 4.78 is 11.3. The molecule has 1 heterocycles. The predicted molar refractivity (Wildman–Crippen MR) is 104 cm³/mol. The molecule has 0 aliphatic heterocycles. The van der Waals surface area contributed by atoms with Gasteiger partial charge in [-0.05, 0) is 50.3 Å². The van der Waals surface area contributed by atoms with Gasteiger partial charge in [-0.25, -0.2) is 4.79 Å². The molecular weight excluding hydrogens is 346 g/mol. The molecule has 1 saturated carbocycles. The highest BCUT2D eigenvalue weighted by Gasteiger charge is 2.45. The molecule has 1 aliphatic carbocycles. The zero-order chi connectivity index (χ0) is 19.5. The van der Waals surface area contributed by atoms with E-state index < -0.39 is 11.6 Å². The molecule has 1 aromatic rings. The van der Waals surface area contributed by atoms with Gasteiger partial charge in [0.2, 0.25) is 0 Å². The number of nitrogens with two attached hydrogens (primary N) is 2. The summed E-state index contributed by atoms with van der Waals surface area (Å²) >= 11 is 0. The van der Waals surface area contributed by atoms with Gasteiger partial charge in [0.15, 0.2) is 5.60 Å². The maximum atomic E-state index is 11.2. The molecule has 27 heavy (non-hydrogen) atoms. The fourth-order valence-electron chi connectivity index (χ4n) is 2.98. The van der Waals surface area contributed by atoms with Crippen LogP contribution >= 0.6 is 0 Å². The summed E-state index contributed by atoms with van der Waals surface area (Å²) in [5, 5.41) is 9.19. The number of carboxylic acids is 1. The molecule has 0 unspecified atom stereocenters. The summed E-state index contributed by atoms with van der Waals surface area (Å²) in [5.41, 5.74) is 11.6. The van der Waals surface area contributed by atoms with Crippen molar-refractivity contribution in [2.24, 2.45) is 11.5 Å². The molecule has 0 aromatic carbocycles. The predicted octanol–water partition coefficient (Wildman–Crippen LogP) is 2.69. The summed E-state index contributed by atoms with van der Waals surface area (Å²) in [4.78, 5) is 15.4. The first-order valence-corrected chi connectivity index (χ1v) is 9.70. The minimum atomic E-state index is -0.887. The third-order valence-corrected chi connectivity index (χ3v) is 4.86. The van der Waals surface area contributed by atoms with E-state index in [4.69, 9.17) is 20.9 Å². The van der Waals surface area contributed by atoms with Crippen LogP contribution in [-0.2, 0) is 9.53 Å². The van der Waals surface area contributed by atoms with E-state index in [0.29, 0.717) is 44.0 Å². The number of pyridine rings is 1. The van der Waals surface area contributed by atoms with E-state index >= 15 is 0 Å². The van der Waals surface area contributed by atoms with Crippen LogP contribution in [0.2, 0.25) is 0 Å². The molecular formula is C20H31N3O4. The lowest BCUT2D eigenvalue weighted by Crippen LogP contribution is -2.47. The van der Waals surface area contributed by atoms with Crippen LogP contribution < -0.4 is 16.2 Å². The molecule has 1 aliphatic rings. The van der Waals surface area contributed by atoms with E-state index in [1.165, 1.54) is 0 Å². The Morgan fingerprint density at radius 1 is 1.19 bits per heavy atom. The normalized spacial score (nSPS) is 16.0. The molecule has 7 heteroatoms. The van der Waals surface area contributed by atoms with Crippen LogP contribution in [-0.4, -0.2) is 41.4 Å². The average molecular weight is 377 g/mol. The summed E-state index contributed by atoms with van der Waals surface area (Å²) in [6.45, 7) is 1.56. The third-order valence-electron chi connectivity index (χ3n) is 4.86. The second-order valence-electron chi connectivity index (χ2n) is 6.89. The molecule has 1 fully saturated rings. The van der Waals surface area contributed by atoms with Crippen molar-refractivity contribution in [3.05, 3.63) is 30.1 Å². The first kappa shape index (κ1) is 21.2. The van der Waals surface area contributed by atoms with Crippen molar-refractivity contribution in [3.63, 3.8) is 0 Å². The highest BCUT2D eigenvalue weighted by molar-refractivity contribution is 5.78. The quantitative estimate of drug-likeness (QED) is 0.452. The SMILES string of the molecule is NC/C=C(\N)c1ccc(OCCCCCCCOC2(C(=O)O)CCC2)cn1. The highest BCUT2D eigenvalue weighted by atomic mass is 16.5. The Morgan fingerprint density at radius 2 is 1.89 bits per heavy atom. The minimum absolute atomic E-state index is 0.387. The lowest BCUT2D eigenvalue weighted by atomic mass is 9.80. The number of aliphatic carboxylic acids is 1. The molecule has 0 saturated heterocycles. The average Bonchev–Trinajstić information content (AvgIpc) is 2.62. The molecule has 0 radical (unpaired) electrons. The zero-order valence-electron chi connectivity index (χ0n) is 15.9. The lowest BCUT2D eigenvalue weighted by molar-refractivity contribution is -0.179. The molecule has 5 N–H and O–H groups in total. The van der Waals surface area contributed by atoms with Gasteiger partial charge < -0.3 is 26.0 Å². The van der Waals surface area contributed by atoms with Crippen LogP contribution in [0.5, 0.6) is 5.75 Å². The first-order valence-electron chi connectivity index (χ1n) is 9.70. The number of hydrogen-bond acceptors (Lipinski definition) is 6. The third kappa shape index (κ3) is 6.52. The molecule has 0 atom stereocenters. The van der Waals surface area contributed by atoms with Crippen molar-refractivity contribution in [1.82, 2.24) is 4.98 Å². The lowest BCUT2D eigenvalue weighted by Gasteiger charge is -2.37. The number of ether oxygens (including phenoxy) is 2. The van der Waals surface area contributed by atoms with Crippen LogP contribution in [0.4, 0.5) is 0 Å². The van der Waals surface area contributed by atoms with E-state index in [1.54, 1.807) is 12.3 Å². The Bertz CT molecular complexity index is 612. The topological polar surface area (TPSA) is 121 Å². The summed E-state index contributed by atoms with van der Waals surface area (Å²) in [6.07, 6.45) is 10.7. The van der Waals surface area contributed by atoms with Gasteiger partial charge in [0.25, 0.3) is 0 Å². The number of rotatable bonds is 13. The van der Waals surface area contributed by atoms with Crippen LogP contribution in [0.1, 0.15) is 57.1 Å². The molecule has 1 aromatic heterocycles. The maximum Gasteiger partial charge on any atom is 0.335 e. The van der Waals surface area contributed by atoms with Gasteiger partial charge >= 0.3 is 5.97 Å². The second kappa shape index (κ2) is 10.9. The molecule has 2 rings (SSSR count). The Labute approximate surface area is 160 Å². The molecule has 150 valence electrons. The smallest absolute Gasteiger partial charge is 0.335 e. The fraction of sp³-hybridized carbons (Fsp3) is 0.600. The van der Waals surface area contributed by atoms with Crippen molar-refractivity contribution < 1.29 is 19.4 Å². The van der Waals surface area contributed by atoms with E-state index in [2.05, 4.69) is 4.98 Å². The molecule has 0 amide bonds. The summed E-state index contributed by atoms with van der Waals surface area (Å²) in [7, 11) is 0. The van der Waals surface area contributed by atoms with Gasteiger partial charge in [-0.2, -0.15) is 0 Å². The summed E-state index contributed by atoms with van der Waals surface area (Å²) in [6, 6.07) is 3.68. The summed E-state index contributed by atoms with van der Waals surface area (Å²) in [5.74, 6) is -0.0846. The number of unbranched alkanes of at least 4 members (excludes halogenated alkanes) is 4. The van der Waals surface area contributed by atoms with Crippen LogP contribution in [0.15, 0.2) is 24.4 Å². The Hall–Kier alpha value is -2.12. The van der Waals surface area contributed by atoms with Gasteiger partial charge in [0, 0.05) is 13.2 Å². The van der Waals surface area contributed by atoms with Crippen molar-refractivity contribution in [3.8, 4) is 5.75 Å². The maximum absolute atomic E-state index is 11.2. The van der Waals surface area contributed by atoms with Crippen LogP contribution in [0, 0.1) is 0 Å².